The van der Waals surface area contributed by atoms with Crippen LogP contribution in [0.5, 0.6) is 0 Å². The Morgan fingerprint density at radius 2 is 1.84 bits per heavy atom. The van der Waals surface area contributed by atoms with Gasteiger partial charge in [0.2, 0.25) is 0 Å². The van der Waals surface area contributed by atoms with Gasteiger partial charge >= 0.3 is 0 Å². The van der Waals surface area contributed by atoms with Gasteiger partial charge in [0.25, 0.3) is 0 Å². The zero-order valence-corrected chi connectivity index (χ0v) is 13.5. The Labute approximate surface area is 124 Å². The number of piperidine rings is 1. The van der Waals surface area contributed by atoms with Crippen molar-refractivity contribution >= 4 is 21.6 Å². The lowest BCUT2D eigenvalue weighted by Crippen LogP contribution is -2.39. The summed E-state index contributed by atoms with van der Waals surface area (Å²) in [6, 6.07) is 6.28. The molecule has 0 aliphatic carbocycles. The van der Waals surface area contributed by atoms with Gasteiger partial charge in [0.05, 0.1) is 6.61 Å². The second-order valence-corrected chi connectivity index (χ2v) is 6.48. The summed E-state index contributed by atoms with van der Waals surface area (Å²) in [6.45, 7) is 7.03. The molecule has 0 bridgehead atoms. The predicted octanol–water partition coefficient (Wildman–Crippen LogP) is 4.35. The topological polar surface area (TPSA) is 23.5 Å². The Morgan fingerprint density at radius 1 is 1.21 bits per heavy atom. The highest BCUT2D eigenvalue weighted by Crippen LogP contribution is 2.39. The second-order valence-electron chi connectivity index (χ2n) is 5.63. The number of nitrogens with zero attached hydrogens (tertiary/aromatic N) is 1. The zero-order chi connectivity index (χ0) is 13.9. The van der Waals surface area contributed by atoms with Gasteiger partial charge in [0.1, 0.15) is 0 Å². The Kier molecular flexibility index (Phi) is 4.91. The van der Waals surface area contributed by atoms with Gasteiger partial charge in [-0.15, -0.1) is 0 Å². The largest absolute Gasteiger partial charge is 0.392 e. The molecule has 1 fully saturated rings. The molecule has 3 heteroatoms. The van der Waals surface area contributed by atoms with E-state index in [9.17, 15) is 5.11 Å². The van der Waals surface area contributed by atoms with Crippen LogP contribution < -0.4 is 4.90 Å². The molecule has 1 saturated heterocycles. The Balaban J connectivity index is 2.07. The maximum Gasteiger partial charge on any atom is 0.0692 e. The molecule has 0 spiro atoms. The average molecular weight is 326 g/mol. The molecular formula is C16H24BrNO. The maximum absolute atomic E-state index is 9.21. The normalized spacial score (nSPS) is 18.6. The molecule has 0 atom stereocenters. The first-order valence-electron chi connectivity index (χ1n) is 7.28. The van der Waals surface area contributed by atoms with E-state index < -0.39 is 0 Å². The highest BCUT2D eigenvalue weighted by molar-refractivity contribution is 9.10. The molecule has 1 aromatic carbocycles. The summed E-state index contributed by atoms with van der Waals surface area (Å²) in [4.78, 5) is 2.47. The van der Waals surface area contributed by atoms with Crippen LogP contribution in [0, 0.1) is 5.41 Å². The van der Waals surface area contributed by atoms with Crippen molar-refractivity contribution in [1.29, 1.82) is 0 Å². The molecule has 1 aliphatic rings. The van der Waals surface area contributed by atoms with E-state index in [1.807, 2.05) is 6.07 Å². The van der Waals surface area contributed by atoms with Gasteiger partial charge < -0.3 is 10.0 Å². The number of benzene rings is 1. The smallest absolute Gasteiger partial charge is 0.0692 e. The lowest BCUT2D eigenvalue weighted by Gasteiger charge is -2.42. The summed E-state index contributed by atoms with van der Waals surface area (Å²) in [5, 5.41) is 9.21. The van der Waals surface area contributed by atoms with E-state index in [1.54, 1.807) is 0 Å². The van der Waals surface area contributed by atoms with Gasteiger partial charge in [-0.1, -0.05) is 48.7 Å². The van der Waals surface area contributed by atoms with Crippen LogP contribution >= 0.6 is 15.9 Å². The molecule has 19 heavy (non-hydrogen) atoms. The lowest BCUT2D eigenvalue weighted by molar-refractivity contribution is 0.199. The molecule has 1 N–H and O–H groups in total. The molecule has 0 unspecified atom stereocenters. The summed E-state index contributed by atoms with van der Waals surface area (Å²) in [5.41, 5.74) is 2.79. The van der Waals surface area contributed by atoms with Crippen LogP contribution in [0.4, 0.5) is 5.69 Å². The van der Waals surface area contributed by atoms with Crippen LogP contribution in [0.3, 0.4) is 0 Å². The monoisotopic (exact) mass is 325 g/mol. The average Bonchev–Trinajstić information content (AvgIpc) is 2.47. The molecule has 106 valence electrons. The molecule has 0 saturated carbocycles. The fraction of sp³-hybridized carbons (Fsp3) is 0.625. The van der Waals surface area contributed by atoms with Crippen molar-refractivity contribution in [2.45, 2.75) is 46.1 Å². The van der Waals surface area contributed by atoms with E-state index in [0.717, 1.165) is 23.1 Å². The van der Waals surface area contributed by atoms with Crippen LogP contribution in [0.15, 0.2) is 22.7 Å². The van der Waals surface area contributed by atoms with E-state index >= 15 is 0 Å². The molecular weight excluding hydrogens is 302 g/mol. The van der Waals surface area contributed by atoms with E-state index in [4.69, 9.17) is 0 Å². The fourth-order valence-corrected chi connectivity index (χ4v) is 3.55. The molecule has 1 heterocycles. The Hall–Kier alpha value is -0.540. The third-order valence-electron chi connectivity index (χ3n) is 4.90. The molecule has 0 amide bonds. The third-order valence-corrected chi connectivity index (χ3v) is 5.63. The predicted molar refractivity (Wildman–Crippen MR) is 84.5 cm³/mol. The number of aliphatic hydroxyl groups excluding tert-OH is 1. The second kappa shape index (κ2) is 6.27. The fourth-order valence-electron chi connectivity index (χ4n) is 3.06. The van der Waals surface area contributed by atoms with Gasteiger partial charge in [-0.2, -0.15) is 0 Å². The minimum atomic E-state index is 0.0929. The first kappa shape index (κ1) is 14.9. The van der Waals surface area contributed by atoms with Gasteiger partial charge in [0.15, 0.2) is 0 Å². The van der Waals surface area contributed by atoms with Crippen LogP contribution in [0.25, 0.3) is 0 Å². The summed E-state index contributed by atoms with van der Waals surface area (Å²) >= 11 is 3.54. The molecule has 2 rings (SSSR count). The van der Waals surface area contributed by atoms with Gasteiger partial charge in [-0.25, -0.2) is 0 Å². The number of hydrogen-bond donors (Lipinski definition) is 1. The van der Waals surface area contributed by atoms with Crippen molar-refractivity contribution in [3.05, 3.63) is 28.2 Å². The number of hydrogen-bond acceptors (Lipinski definition) is 2. The minimum absolute atomic E-state index is 0.0929. The zero-order valence-electron chi connectivity index (χ0n) is 12.0. The SMILES string of the molecule is CCC1(CC)CCN(c2ccc(CO)c(Br)c2)CC1. The van der Waals surface area contributed by atoms with Crippen LogP contribution in [-0.4, -0.2) is 18.2 Å². The Morgan fingerprint density at radius 3 is 2.32 bits per heavy atom. The molecule has 0 aromatic heterocycles. The van der Waals surface area contributed by atoms with Crippen molar-refractivity contribution < 1.29 is 5.11 Å². The minimum Gasteiger partial charge on any atom is -0.392 e. The van der Waals surface area contributed by atoms with Crippen molar-refractivity contribution in [3.8, 4) is 0 Å². The summed E-state index contributed by atoms with van der Waals surface area (Å²) in [5.74, 6) is 0. The standard InChI is InChI=1S/C16H24BrNO/c1-3-16(4-2)7-9-18(10-8-16)14-6-5-13(12-19)15(17)11-14/h5-6,11,19H,3-4,7-10,12H2,1-2H3. The van der Waals surface area contributed by atoms with Crippen molar-refractivity contribution in [2.75, 3.05) is 18.0 Å². The van der Waals surface area contributed by atoms with E-state index in [-0.39, 0.29) is 6.61 Å². The van der Waals surface area contributed by atoms with E-state index in [2.05, 4.69) is 46.8 Å². The number of aliphatic hydroxyl groups is 1. The molecule has 1 aliphatic heterocycles. The number of anilines is 1. The van der Waals surface area contributed by atoms with E-state index in [1.165, 1.54) is 31.4 Å². The highest BCUT2D eigenvalue weighted by Gasteiger charge is 2.31. The van der Waals surface area contributed by atoms with Crippen LogP contribution in [0.1, 0.15) is 45.1 Å². The lowest BCUT2D eigenvalue weighted by atomic mass is 9.74. The quantitative estimate of drug-likeness (QED) is 0.889. The first-order chi connectivity index (χ1) is 9.14. The first-order valence-corrected chi connectivity index (χ1v) is 8.07. The molecule has 1 aromatic rings. The summed E-state index contributed by atoms with van der Waals surface area (Å²) in [7, 11) is 0. The Bertz CT molecular complexity index is 419. The van der Waals surface area contributed by atoms with Crippen LogP contribution in [0.2, 0.25) is 0 Å². The third kappa shape index (κ3) is 3.14. The van der Waals surface area contributed by atoms with Crippen molar-refractivity contribution in [3.63, 3.8) is 0 Å². The van der Waals surface area contributed by atoms with Crippen molar-refractivity contribution in [1.82, 2.24) is 0 Å². The summed E-state index contributed by atoms with van der Waals surface area (Å²) in [6.07, 6.45) is 5.17. The molecule has 0 radical (unpaired) electrons. The maximum atomic E-state index is 9.21. The van der Waals surface area contributed by atoms with Gasteiger partial charge in [0, 0.05) is 23.2 Å². The number of rotatable bonds is 4. The van der Waals surface area contributed by atoms with E-state index in [0.29, 0.717) is 5.41 Å². The number of halogens is 1. The summed E-state index contributed by atoms with van der Waals surface area (Å²) < 4.78 is 1.01. The highest BCUT2D eigenvalue weighted by atomic mass is 79.9. The van der Waals surface area contributed by atoms with Crippen molar-refractivity contribution in [2.24, 2.45) is 5.41 Å². The molecule has 2 nitrogen and oxygen atoms in total. The van der Waals surface area contributed by atoms with Gasteiger partial charge in [-0.05, 0) is 36.0 Å². The van der Waals surface area contributed by atoms with Gasteiger partial charge in [-0.3, -0.25) is 0 Å². The van der Waals surface area contributed by atoms with Crippen LogP contribution in [-0.2, 0) is 6.61 Å².